The van der Waals surface area contributed by atoms with Crippen LogP contribution in [0.4, 0.5) is 0 Å². The molecular formula is C10H19N3. The Balaban J connectivity index is 2.35. The van der Waals surface area contributed by atoms with Gasteiger partial charge in [-0.25, -0.2) is 0 Å². The van der Waals surface area contributed by atoms with Gasteiger partial charge in [0.05, 0.1) is 6.20 Å². The van der Waals surface area contributed by atoms with Crippen LogP contribution in [0.2, 0.25) is 0 Å². The first-order chi connectivity index (χ1) is 6.09. The lowest BCUT2D eigenvalue weighted by Gasteiger charge is -2.14. The van der Waals surface area contributed by atoms with Gasteiger partial charge in [0.25, 0.3) is 0 Å². The Bertz CT molecular complexity index is 252. The molecule has 0 aliphatic heterocycles. The molecule has 2 N–H and O–H groups in total. The first kappa shape index (κ1) is 10.3. The molecule has 3 heteroatoms. The zero-order valence-corrected chi connectivity index (χ0v) is 8.70. The summed E-state index contributed by atoms with van der Waals surface area (Å²) in [6.07, 6.45) is 6.21. The van der Waals surface area contributed by atoms with E-state index in [2.05, 4.69) is 25.1 Å². The number of hydrogen-bond donors (Lipinski definition) is 1. The van der Waals surface area contributed by atoms with E-state index in [0.717, 1.165) is 12.8 Å². The Labute approximate surface area is 79.9 Å². The van der Waals surface area contributed by atoms with Crippen molar-refractivity contribution in [3.63, 3.8) is 0 Å². The second-order valence-electron chi connectivity index (χ2n) is 3.90. The third-order valence-electron chi connectivity index (χ3n) is 2.54. The molecule has 1 aromatic heterocycles. The van der Waals surface area contributed by atoms with Crippen LogP contribution in [0.1, 0.15) is 25.8 Å². The van der Waals surface area contributed by atoms with Crippen molar-refractivity contribution in [1.82, 2.24) is 9.78 Å². The maximum Gasteiger partial charge on any atom is 0.0521 e. The highest BCUT2D eigenvalue weighted by molar-refractivity contribution is 5.03. The summed E-state index contributed by atoms with van der Waals surface area (Å²) >= 11 is 0. The van der Waals surface area contributed by atoms with E-state index in [1.807, 2.05) is 17.9 Å². The van der Waals surface area contributed by atoms with E-state index >= 15 is 0 Å². The van der Waals surface area contributed by atoms with Crippen LogP contribution >= 0.6 is 0 Å². The van der Waals surface area contributed by atoms with Gasteiger partial charge < -0.3 is 5.73 Å². The molecule has 0 aliphatic carbocycles. The lowest BCUT2D eigenvalue weighted by molar-refractivity contribution is 0.451. The summed E-state index contributed by atoms with van der Waals surface area (Å²) < 4.78 is 1.84. The SMILES string of the molecule is CC(N)C(C)CCc1cnn(C)c1. The summed E-state index contributed by atoms with van der Waals surface area (Å²) in [6, 6.07) is 0.289. The zero-order chi connectivity index (χ0) is 9.84. The number of rotatable bonds is 4. The fraction of sp³-hybridized carbons (Fsp3) is 0.700. The number of nitrogens with zero attached hydrogens (tertiary/aromatic N) is 2. The van der Waals surface area contributed by atoms with Crippen molar-refractivity contribution in [3.8, 4) is 0 Å². The lowest BCUT2D eigenvalue weighted by atomic mass is 9.97. The van der Waals surface area contributed by atoms with Crippen LogP contribution in [-0.4, -0.2) is 15.8 Å². The molecule has 13 heavy (non-hydrogen) atoms. The Kier molecular flexibility index (Phi) is 3.48. The quantitative estimate of drug-likeness (QED) is 0.761. The lowest BCUT2D eigenvalue weighted by Crippen LogP contribution is -2.24. The fourth-order valence-electron chi connectivity index (χ4n) is 1.26. The van der Waals surface area contributed by atoms with Gasteiger partial charge in [0.2, 0.25) is 0 Å². The highest BCUT2D eigenvalue weighted by atomic mass is 15.2. The maximum absolute atomic E-state index is 5.78. The van der Waals surface area contributed by atoms with E-state index in [4.69, 9.17) is 5.73 Å². The first-order valence-corrected chi connectivity index (χ1v) is 4.82. The number of aromatic nitrogens is 2. The van der Waals surface area contributed by atoms with Crippen molar-refractivity contribution in [2.24, 2.45) is 18.7 Å². The van der Waals surface area contributed by atoms with Gasteiger partial charge >= 0.3 is 0 Å². The van der Waals surface area contributed by atoms with E-state index in [-0.39, 0.29) is 6.04 Å². The molecule has 0 saturated heterocycles. The van der Waals surface area contributed by atoms with E-state index in [1.54, 1.807) is 0 Å². The molecule has 0 radical (unpaired) electrons. The van der Waals surface area contributed by atoms with Crippen LogP contribution in [0.15, 0.2) is 12.4 Å². The van der Waals surface area contributed by atoms with Gasteiger partial charge in [0.15, 0.2) is 0 Å². The topological polar surface area (TPSA) is 43.8 Å². The standard InChI is InChI=1S/C10H19N3/c1-8(9(2)11)4-5-10-6-12-13(3)7-10/h6-9H,4-5,11H2,1-3H3. The predicted molar refractivity (Wildman–Crippen MR) is 54.3 cm³/mol. The molecule has 1 heterocycles. The summed E-state index contributed by atoms with van der Waals surface area (Å²) in [4.78, 5) is 0. The largest absolute Gasteiger partial charge is 0.328 e. The summed E-state index contributed by atoms with van der Waals surface area (Å²) in [6.45, 7) is 4.26. The van der Waals surface area contributed by atoms with Gasteiger partial charge in [0.1, 0.15) is 0 Å². The highest BCUT2D eigenvalue weighted by Crippen LogP contribution is 2.10. The van der Waals surface area contributed by atoms with Crippen molar-refractivity contribution in [2.45, 2.75) is 32.7 Å². The Morgan fingerprint density at radius 3 is 2.69 bits per heavy atom. The first-order valence-electron chi connectivity index (χ1n) is 4.82. The van der Waals surface area contributed by atoms with E-state index < -0.39 is 0 Å². The molecule has 3 nitrogen and oxygen atoms in total. The van der Waals surface area contributed by atoms with Crippen LogP contribution in [0.5, 0.6) is 0 Å². The number of nitrogens with two attached hydrogens (primary N) is 1. The van der Waals surface area contributed by atoms with Crippen LogP contribution in [-0.2, 0) is 13.5 Å². The molecule has 0 bridgehead atoms. The third-order valence-corrected chi connectivity index (χ3v) is 2.54. The second kappa shape index (κ2) is 4.42. The number of aryl methyl sites for hydroxylation is 2. The molecule has 0 spiro atoms. The number of hydrogen-bond acceptors (Lipinski definition) is 2. The molecule has 0 aliphatic rings. The van der Waals surface area contributed by atoms with Gasteiger partial charge in [-0.2, -0.15) is 5.10 Å². The minimum Gasteiger partial charge on any atom is -0.328 e. The fourth-order valence-corrected chi connectivity index (χ4v) is 1.26. The van der Waals surface area contributed by atoms with E-state index in [9.17, 15) is 0 Å². The molecule has 2 atom stereocenters. The maximum atomic E-state index is 5.78. The minimum absolute atomic E-state index is 0.289. The summed E-state index contributed by atoms with van der Waals surface area (Å²) in [5, 5.41) is 4.12. The van der Waals surface area contributed by atoms with Crippen LogP contribution < -0.4 is 5.73 Å². The van der Waals surface area contributed by atoms with Crippen molar-refractivity contribution in [3.05, 3.63) is 18.0 Å². The molecule has 74 valence electrons. The molecule has 1 aromatic rings. The molecule has 0 amide bonds. The Morgan fingerprint density at radius 2 is 2.23 bits per heavy atom. The third kappa shape index (κ3) is 3.19. The van der Waals surface area contributed by atoms with Crippen molar-refractivity contribution in [2.75, 3.05) is 0 Å². The highest BCUT2D eigenvalue weighted by Gasteiger charge is 2.07. The summed E-state index contributed by atoms with van der Waals surface area (Å²) in [5.41, 5.74) is 7.09. The second-order valence-corrected chi connectivity index (χ2v) is 3.90. The van der Waals surface area contributed by atoms with E-state index in [1.165, 1.54) is 5.56 Å². The average Bonchev–Trinajstić information content (AvgIpc) is 2.47. The average molecular weight is 181 g/mol. The van der Waals surface area contributed by atoms with Gasteiger partial charge in [-0.05, 0) is 31.2 Å². The molecule has 0 fully saturated rings. The normalized spacial score (nSPS) is 15.7. The van der Waals surface area contributed by atoms with Gasteiger partial charge in [-0.15, -0.1) is 0 Å². The Morgan fingerprint density at radius 1 is 1.54 bits per heavy atom. The van der Waals surface area contributed by atoms with Crippen molar-refractivity contribution < 1.29 is 0 Å². The van der Waals surface area contributed by atoms with Crippen molar-refractivity contribution >= 4 is 0 Å². The van der Waals surface area contributed by atoms with Gasteiger partial charge in [-0.1, -0.05) is 6.92 Å². The van der Waals surface area contributed by atoms with Gasteiger partial charge in [-0.3, -0.25) is 4.68 Å². The van der Waals surface area contributed by atoms with E-state index in [0.29, 0.717) is 5.92 Å². The van der Waals surface area contributed by atoms with Crippen LogP contribution in [0, 0.1) is 5.92 Å². The summed E-state index contributed by atoms with van der Waals surface area (Å²) in [5.74, 6) is 0.584. The smallest absolute Gasteiger partial charge is 0.0521 e. The summed E-state index contributed by atoms with van der Waals surface area (Å²) in [7, 11) is 1.94. The molecule has 0 saturated carbocycles. The monoisotopic (exact) mass is 181 g/mol. The van der Waals surface area contributed by atoms with Crippen LogP contribution in [0.3, 0.4) is 0 Å². The zero-order valence-electron chi connectivity index (χ0n) is 8.70. The molecule has 0 aromatic carbocycles. The molecule has 2 unspecified atom stereocenters. The molecular weight excluding hydrogens is 162 g/mol. The van der Waals surface area contributed by atoms with Gasteiger partial charge in [0, 0.05) is 19.3 Å². The van der Waals surface area contributed by atoms with Crippen LogP contribution in [0.25, 0.3) is 0 Å². The minimum atomic E-state index is 0.289. The Hall–Kier alpha value is -0.830. The predicted octanol–water partition coefficient (Wildman–Crippen LogP) is 1.34. The molecule has 1 rings (SSSR count). The van der Waals surface area contributed by atoms with Crippen molar-refractivity contribution in [1.29, 1.82) is 0 Å².